The molecule has 1 saturated carbocycles. The quantitative estimate of drug-likeness (QED) is 0.517. The minimum atomic E-state index is -0.788. The monoisotopic (exact) mass is 442 g/mol. The summed E-state index contributed by atoms with van der Waals surface area (Å²) in [5.41, 5.74) is 1.31. The van der Waals surface area contributed by atoms with Gasteiger partial charge in [0.25, 0.3) is 0 Å². The molecule has 0 N–H and O–H groups in total. The molecule has 3 rings (SSSR count). The average Bonchev–Trinajstić information content (AvgIpc) is 3.14. The molecule has 8 nitrogen and oxygen atoms in total. The predicted octanol–water partition coefficient (Wildman–Crippen LogP) is 3.33. The van der Waals surface area contributed by atoms with Gasteiger partial charge in [-0.15, -0.1) is 0 Å². The van der Waals surface area contributed by atoms with Gasteiger partial charge < -0.3 is 18.8 Å². The zero-order valence-corrected chi connectivity index (χ0v) is 17.6. The van der Waals surface area contributed by atoms with Crippen LogP contribution in [0.1, 0.15) is 33.2 Å². The standard InChI is InChI=1S/C19H20Cl2N2O6/c1-9(24)27-7-12-4-17(19(29-11(3)26)18(12)28-10(2)25)23-8-22-15-5-13(20)14(21)6-16(15)23/h5-6,8,12,17-19H,4,7H2,1-3H3. The van der Waals surface area contributed by atoms with Crippen molar-refractivity contribution in [3.63, 3.8) is 0 Å². The molecule has 2 aromatic rings. The SMILES string of the molecule is CC(=O)OCC1CC(n2cnc3cc(Cl)c(Cl)cc32)C(OC(C)=O)C1OC(C)=O. The molecule has 0 bridgehead atoms. The Morgan fingerprint density at radius 2 is 1.66 bits per heavy atom. The van der Waals surface area contributed by atoms with Crippen molar-refractivity contribution in [1.29, 1.82) is 0 Å². The fourth-order valence-corrected chi connectivity index (χ4v) is 4.02. The summed E-state index contributed by atoms with van der Waals surface area (Å²) in [5, 5.41) is 0.730. The molecule has 4 atom stereocenters. The molecule has 1 aliphatic rings. The van der Waals surface area contributed by atoms with Crippen LogP contribution in [-0.4, -0.2) is 46.3 Å². The third-order valence-corrected chi connectivity index (χ3v) is 5.51. The maximum Gasteiger partial charge on any atom is 0.303 e. The zero-order chi connectivity index (χ0) is 21.3. The Bertz CT molecular complexity index is 960. The summed E-state index contributed by atoms with van der Waals surface area (Å²) in [4.78, 5) is 39.1. The van der Waals surface area contributed by atoms with Gasteiger partial charge in [-0.25, -0.2) is 4.98 Å². The summed E-state index contributed by atoms with van der Waals surface area (Å²) < 4.78 is 18.0. The number of carbonyl (C=O) groups excluding carboxylic acids is 3. The Balaban J connectivity index is 2.03. The van der Waals surface area contributed by atoms with Gasteiger partial charge in [0.05, 0.1) is 40.1 Å². The van der Waals surface area contributed by atoms with E-state index in [0.29, 0.717) is 27.5 Å². The molecule has 1 aromatic heterocycles. The maximum absolute atomic E-state index is 11.8. The van der Waals surface area contributed by atoms with Crippen LogP contribution >= 0.6 is 23.2 Å². The molecule has 156 valence electrons. The van der Waals surface area contributed by atoms with Crippen LogP contribution in [0, 0.1) is 5.92 Å². The van der Waals surface area contributed by atoms with Crippen LogP contribution in [0.5, 0.6) is 0 Å². The van der Waals surface area contributed by atoms with Crippen LogP contribution in [0.3, 0.4) is 0 Å². The fraction of sp³-hybridized carbons (Fsp3) is 0.474. The molecule has 0 spiro atoms. The van der Waals surface area contributed by atoms with Crippen LogP contribution in [0.4, 0.5) is 0 Å². The van der Waals surface area contributed by atoms with Gasteiger partial charge in [-0.2, -0.15) is 0 Å². The van der Waals surface area contributed by atoms with Crippen molar-refractivity contribution in [2.24, 2.45) is 5.92 Å². The van der Waals surface area contributed by atoms with Crippen LogP contribution < -0.4 is 0 Å². The summed E-state index contributed by atoms with van der Waals surface area (Å²) in [6, 6.07) is 2.91. The number of benzene rings is 1. The van der Waals surface area contributed by atoms with Gasteiger partial charge in [0.2, 0.25) is 0 Å². The maximum atomic E-state index is 11.8. The van der Waals surface area contributed by atoms with E-state index in [1.807, 2.05) is 4.57 Å². The number of carbonyl (C=O) groups is 3. The molecule has 1 fully saturated rings. The molecule has 10 heteroatoms. The van der Waals surface area contributed by atoms with E-state index in [1.54, 1.807) is 18.5 Å². The summed E-state index contributed by atoms with van der Waals surface area (Å²) in [6.45, 7) is 3.88. The third kappa shape index (κ3) is 4.64. The van der Waals surface area contributed by atoms with Crippen molar-refractivity contribution < 1.29 is 28.6 Å². The van der Waals surface area contributed by atoms with Crippen LogP contribution in [0.25, 0.3) is 11.0 Å². The van der Waals surface area contributed by atoms with Crippen molar-refractivity contribution in [1.82, 2.24) is 9.55 Å². The van der Waals surface area contributed by atoms with Crippen molar-refractivity contribution in [2.45, 2.75) is 45.4 Å². The van der Waals surface area contributed by atoms with E-state index in [9.17, 15) is 14.4 Å². The van der Waals surface area contributed by atoms with Crippen LogP contribution in [0.2, 0.25) is 10.0 Å². The number of halogens is 2. The van der Waals surface area contributed by atoms with Gasteiger partial charge in [-0.3, -0.25) is 14.4 Å². The van der Waals surface area contributed by atoms with Gasteiger partial charge in [-0.05, 0) is 18.6 Å². The van der Waals surface area contributed by atoms with E-state index in [4.69, 9.17) is 37.4 Å². The smallest absolute Gasteiger partial charge is 0.303 e. The normalized spacial score (nSPS) is 23.8. The lowest BCUT2D eigenvalue weighted by atomic mass is 10.1. The molecule has 0 radical (unpaired) electrons. The van der Waals surface area contributed by atoms with Gasteiger partial charge in [0.1, 0.15) is 6.10 Å². The fourth-order valence-electron chi connectivity index (χ4n) is 3.70. The minimum Gasteiger partial charge on any atom is -0.465 e. The number of rotatable bonds is 5. The highest BCUT2D eigenvalue weighted by Crippen LogP contribution is 2.41. The number of aromatic nitrogens is 2. The van der Waals surface area contributed by atoms with Crippen molar-refractivity contribution in [3.8, 4) is 0 Å². The first-order valence-corrected chi connectivity index (χ1v) is 9.72. The number of hydrogen-bond acceptors (Lipinski definition) is 7. The summed E-state index contributed by atoms with van der Waals surface area (Å²) in [6.07, 6.45) is 0.455. The second kappa shape index (κ2) is 8.59. The highest BCUT2D eigenvalue weighted by molar-refractivity contribution is 6.42. The number of fused-ring (bicyclic) bond motifs is 1. The van der Waals surface area contributed by atoms with E-state index in [1.165, 1.54) is 20.8 Å². The Labute approximate surface area is 177 Å². The number of nitrogens with zero attached hydrogens (tertiary/aromatic N) is 2. The van der Waals surface area contributed by atoms with Gasteiger partial charge in [0.15, 0.2) is 6.10 Å². The first kappa shape index (κ1) is 21.4. The number of imidazole rings is 1. The summed E-state index contributed by atoms with van der Waals surface area (Å²) in [7, 11) is 0. The first-order valence-electron chi connectivity index (χ1n) is 8.96. The van der Waals surface area contributed by atoms with Gasteiger partial charge in [0, 0.05) is 26.7 Å². The molecular formula is C19H20Cl2N2O6. The second-order valence-electron chi connectivity index (χ2n) is 6.92. The zero-order valence-electron chi connectivity index (χ0n) is 16.1. The molecule has 1 aromatic carbocycles. The molecule has 1 aliphatic carbocycles. The topological polar surface area (TPSA) is 96.7 Å². The minimum absolute atomic E-state index is 0.0285. The highest BCUT2D eigenvalue weighted by atomic mass is 35.5. The van der Waals surface area contributed by atoms with Crippen molar-refractivity contribution in [2.75, 3.05) is 6.61 Å². The van der Waals surface area contributed by atoms with E-state index in [2.05, 4.69) is 4.98 Å². The summed E-state index contributed by atoms with van der Waals surface area (Å²) >= 11 is 12.2. The predicted molar refractivity (Wildman–Crippen MR) is 105 cm³/mol. The average molecular weight is 443 g/mol. The number of hydrogen-bond donors (Lipinski definition) is 0. The number of ether oxygens (including phenoxy) is 3. The molecule has 0 aliphatic heterocycles. The molecule has 0 saturated heterocycles. The van der Waals surface area contributed by atoms with E-state index in [-0.39, 0.29) is 12.5 Å². The first-order chi connectivity index (χ1) is 13.7. The van der Waals surface area contributed by atoms with Crippen LogP contribution in [-0.2, 0) is 28.6 Å². The second-order valence-corrected chi connectivity index (χ2v) is 7.74. The Kier molecular flexibility index (Phi) is 6.33. The third-order valence-electron chi connectivity index (χ3n) is 4.79. The number of esters is 3. The van der Waals surface area contributed by atoms with Gasteiger partial charge >= 0.3 is 17.9 Å². The lowest BCUT2D eigenvalue weighted by Crippen LogP contribution is -2.38. The van der Waals surface area contributed by atoms with Crippen LogP contribution in [0.15, 0.2) is 18.5 Å². The Morgan fingerprint density at radius 3 is 2.28 bits per heavy atom. The lowest BCUT2D eigenvalue weighted by Gasteiger charge is -2.26. The summed E-state index contributed by atoms with van der Waals surface area (Å²) in [5.74, 6) is -1.85. The van der Waals surface area contributed by atoms with Crippen molar-refractivity contribution in [3.05, 3.63) is 28.5 Å². The highest BCUT2D eigenvalue weighted by Gasteiger charge is 2.49. The van der Waals surface area contributed by atoms with Crippen molar-refractivity contribution >= 4 is 52.1 Å². The van der Waals surface area contributed by atoms with E-state index in [0.717, 1.165) is 0 Å². The molecule has 29 heavy (non-hydrogen) atoms. The molecule has 0 amide bonds. The van der Waals surface area contributed by atoms with E-state index < -0.39 is 36.2 Å². The Morgan fingerprint density at radius 1 is 1.03 bits per heavy atom. The molecular weight excluding hydrogens is 423 g/mol. The molecule has 1 heterocycles. The largest absolute Gasteiger partial charge is 0.465 e. The van der Waals surface area contributed by atoms with Gasteiger partial charge in [-0.1, -0.05) is 23.2 Å². The molecule has 4 unspecified atom stereocenters. The lowest BCUT2D eigenvalue weighted by molar-refractivity contribution is -0.168. The Hall–Kier alpha value is -2.32. The van der Waals surface area contributed by atoms with E-state index >= 15 is 0 Å².